The summed E-state index contributed by atoms with van der Waals surface area (Å²) in [7, 11) is -1.27. The molecule has 1 aromatic rings. The summed E-state index contributed by atoms with van der Waals surface area (Å²) in [5.74, 6) is 5.75. The lowest BCUT2D eigenvalue weighted by atomic mass is 10.2. The van der Waals surface area contributed by atoms with E-state index in [0.717, 1.165) is 5.56 Å². The topological polar surface area (TPSA) is 81.9 Å². The second kappa shape index (κ2) is 10.2. The molecule has 0 aromatic heterocycles. The number of nitro groups is 1. The van der Waals surface area contributed by atoms with Gasteiger partial charge in [0, 0.05) is 18.7 Å². The van der Waals surface area contributed by atoms with Gasteiger partial charge < -0.3 is 9.05 Å². The number of rotatable bonds is 9. The fraction of sp³-hybridized carbons (Fsp3) is 0.500. The molecule has 1 rings (SSSR count). The highest BCUT2D eigenvalue weighted by Gasteiger charge is 2.21. The van der Waals surface area contributed by atoms with Crippen molar-refractivity contribution in [2.45, 2.75) is 20.4 Å². The van der Waals surface area contributed by atoms with Crippen molar-refractivity contribution in [3.05, 3.63) is 39.9 Å². The van der Waals surface area contributed by atoms with Gasteiger partial charge >= 0.3 is 7.60 Å². The molecule has 0 aliphatic rings. The van der Waals surface area contributed by atoms with Crippen LogP contribution >= 0.6 is 7.60 Å². The van der Waals surface area contributed by atoms with Gasteiger partial charge in [0.05, 0.1) is 24.7 Å². The molecule has 24 heavy (non-hydrogen) atoms. The molecule has 132 valence electrons. The SMILES string of the molecule is CCOP(=O)(CC#CCN(C)Cc1cccc([N+](=O)[O-])c1)OCC. The Bertz CT molecular complexity index is 643. The lowest BCUT2D eigenvalue weighted by Gasteiger charge is -2.14. The Kier molecular flexibility index (Phi) is 8.66. The first-order valence-corrected chi connectivity index (χ1v) is 9.38. The number of hydrogen-bond acceptors (Lipinski definition) is 6. The summed E-state index contributed by atoms with van der Waals surface area (Å²) in [6, 6.07) is 6.49. The molecule has 0 N–H and O–H groups in total. The van der Waals surface area contributed by atoms with Gasteiger partial charge in [0.1, 0.15) is 6.16 Å². The summed E-state index contributed by atoms with van der Waals surface area (Å²) in [4.78, 5) is 12.3. The third-order valence-electron chi connectivity index (χ3n) is 2.97. The van der Waals surface area contributed by atoms with Crippen LogP contribution in [-0.4, -0.2) is 42.8 Å². The standard InChI is InChI=1S/C16H23N2O5P/c1-4-22-24(21,23-5-2)12-7-6-11-17(3)14-15-9-8-10-16(13-15)18(19)20/h8-10,13H,4-5,11-12,14H2,1-3H3. The molecule has 0 saturated heterocycles. The Morgan fingerprint density at radius 3 is 2.50 bits per heavy atom. The van der Waals surface area contributed by atoms with Gasteiger partial charge in [-0.1, -0.05) is 24.0 Å². The molecule has 0 aliphatic carbocycles. The number of nitrogens with zero attached hydrogens (tertiary/aromatic N) is 2. The largest absolute Gasteiger partial charge is 0.342 e. The van der Waals surface area contributed by atoms with E-state index in [1.54, 1.807) is 26.0 Å². The fourth-order valence-corrected chi connectivity index (χ4v) is 3.35. The van der Waals surface area contributed by atoms with Gasteiger partial charge in [-0.2, -0.15) is 0 Å². The quantitative estimate of drug-likeness (QED) is 0.293. The van der Waals surface area contributed by atoms with E-state index in [1.807, 2.05) is 18.0 Å². The minimum absolute atomic E-state index is 0.0549. The lowest BCUT2D eigenvalue weighted by Crippen LogP contribution is -2.18. The van der Waals surface area contributed by atoms with Gasteiger partial charge in [0.2, 0.25) is 0 Å². The highest BCUT2D eigenvalue weighted by atomic mass is 31.2. The van der Waals surface area contributed by atoms with Crippen LogP contribution in [0, 0.1) is 22.0 Å². The molecule has 0 amide bonds. The molecule has 0 unspecified atom stereocenters. The predicted molar refractivity (Wildman–Crippen MR) is 92.9 cm³/mol. The van der Waals surface area contributed by atoms with Crippen molar-refractivity contribution < 1.29 is 18.5 Å². The molecule has 0 saturated carbocycles. The first kappa shape index (κ1) is 20.3. The fourth-order valence-electron chi connectivity index (χ4n) is 2.00. The number of benzene rings is 1. The minimum atomic E-state index is -3.13. The van der Waals surface area contributed by atoms with Gasteiger partial charge in [-0.05, 0) is 26.5 Å². The average Bonchev–Trinajstić information content (AvgIpc) is 2.52. The second-order valence-corrected chi connectivity index (χ2v) is 7.11. The van der Waals surface area contributed by atoms with Gasteiger partial charge in [-0.3, -0.25) is 19.6 Å². The molecule has 8 heteroatoms. The van der Waals surface area contributed by atoms with Crippen LogP contribution in [0.2, 0.25) is 0 Å². The van der Waals surface area contributed by atoms with E-state index in [-0.39, 0.29) is 11.8 Å². The number of nitro benzene ring substituents is 1. The van der Waals surface area contributed by atoms with Crippen molar-refractivity contribution in [3.8, 4) is 11.8 Å². The van der Waals surface area contributed by atoms with Crippen LogP contribution in [0.5, 0.6) is 0 Å². The number of non-ortho nitro benzene ring substituents is 1. The first-order chi connectivity index (χ1) is 11.4. The van der Waals surface area contributed by atoms with Gasteiger partial charge in [0.15, 0.2) is 0 Å². The van der Waals surface area contributed by atoms with Crippen molar-refractivity contribution in [1.82, 2.24) is 4.90 Å². The zero-order chi connectivity index (χ0) is 18.0. The first-order valence-electron chi connectivity index (χ1n) is 7.66. The van der Waals surface area contributed by atoms with Gasteiger partial charge in [0.25, 0.3) is 5.69 Å². The molecule has 7 nitrogen and oxygen atoms in total. The summed E-state index contributed by atoms with van der Waals surface area (Å²) < 4.78 is 22.5. The van der Waals surface area contributed by atoms with Crippen LogP contribution in [0.1, 0.15) is 19.4 Å². The van der Waals surface area contributed by atoms with Crippen molar-refractivity contribution in [3.63, 3.8) is 0 Å². The highest BCUT2D eigenvalue weighted by molar-refractivity contribution is 7.54. The highest BCUT2D eigenvalue weighted by Crippen LogP contribution is 2.47. The van der Waals surface area contributed by atoms with Gasteiger partial charge in [-0.15, -0.1) is 0 Å². The summed E-state index contributed by atoms with van der Waals surface area (Å²) in [6.45, 7) is 5.11. The van der Waals surface area contributed by atoms with Crippen LogP contribution < -0.4 is 0 Å². The van der Waals surface area contributed by atoms with E-state index in [4.69, 9.17) is 9.05 Å². The van der Waals surface area contributed by atoms with Crippen molar-refractivity contribution >= 4 is 13.3 Å². The van der Waals surface area contributed by atoms with Crippen LogP contribution in [0.15, 0.2) is 24.3 Å². The van der Waals surface area contributed by atoms with Crippen LogP contribution in [-0.2, 0) is 20.2 Å². The Balaban J connectivity index is 2.55. The summed E-state index contributed by atoms with van der Waals surface area (Å²) in [5, 5.41) is 10.8. The Morgan fingerprint density at radius 1 is 1.25 bits per heavy atom. The molecule has 0 spiro atoms. The molecule has 0 atom stereocenters. The maximum Gasteiger partial charge on any atom is 0.342 e. The van der Waals surface area contributed by atoms with Crippen LogP contribution in [0.25, 0.3) is 0 Å². The molecule has 0 radical (unpaired) electrons. The minimum Gasteiger partial charge on any atom is -0.308 e. The zero-order valence-electron chi connectivity index (χ0n) is 14.2. The van der Waals surface area contributed by atoms with E-state index in [9.17, 15) is 14.7 Å². The monoisotopic (exact) mass is 354 g/mol. The Morgan fingerprint density at radius 2 is 1.92 bits per heavy atom. The van der Waals surface area contributed by atoms with E-state index in [2.05, 4.69) is 11.8 Å². The molecule has 0 aliphatic heterocycles. The summed E-state index contributed by atoms with van der Waals surface area (Å²) >= 11 is 0. The van der Waals surface area contributed by atoms with Crippen molar-refractivity contribution in [1.29, 1.82) is 0 Å². The smallest absolute Gasteiger partial charge is 0.308 e. The van der Waals surface area contributed by atoms with Crippen molar-refractivity contribution in [2.75, 3.05) is 33.0 Å². The summed E-state index contributed by atoms with van der Waals surface area (Å²) in [6.07, 6.45) is 0.0549. The normalized spacial score (nSPS) is 11.2. The van der Waals surface area contributed by atoms with Crippen LogP contribution in [0.4, 0.5) is 5.69 Å². The lowest BCUT2D eigenvalue weighted by molar-refractivity contribution is -0.384. The average molecular weight is 354 g/mol. The maximum absolute atomic E-state index is 12.2. The van der Waals surface area contributed by atoms with Crippen molar-refractivity contribution in [2.24, 2.45) is 0 Å². The molecular formula is C16H23N2O5P. The third kappa shape index (κ3) is 7.24. The van der Waals surface area contributed by atoms with E-state index < -0.39 is 12.5 Å². The van der Waals surface area contributed by atoms with Crippen LogP contribution in [0.3, 0.4) is 0 Å². The Labute approximate surface area is 142 Å². The third-order valence-corrected chi connectivity index (χ3v) is 4.82. The van der Waals surface area contributed by atoms with E-state index in [1.165, 1.54) is 6.07 Å². The molecule has 0 heterocycles. The summed E-state index contributed by atoms with van der Waals surface area (Å²) in [5.41, 5.74) is 0.907. The Hall–Kier alpha value is -1.71. The molecule has 0 bridgehead atoms. The van der Waals surface area contributed by atoms with E-state index in [0.29, 0.717) is 26.3 Å². The number of hydrogen-bond donors (Lipinski definition) is 0. The molecular weight excluding hydrogens is 331 g/mol. The molecule has 0 fully saturated rings. The van der Waals surface area contributed by atoms with E-state index >= 15 is 0 Å². The zero-order valence-corrected chi connectivity index (χ0v) is 15.1. The predicted octanol–water partition coefficient (Wildman–Crippen LogP) is 3.30. The second-order valence-electron chi connectivity index (χ2n) is 5.06. The maximum atomic E-state index is 12.2. The van der Waals surface area contributed by atoms with Gasteiger partial charge in [-0.25, -0.2) is 0 Å². The molecule has 1 aromatic carbocycles.